The van der Waals surface area contributed by atoms with Gasteiger partial charge in [0.15, 0.2) is 0 Å². The van der Waals surface area contributed by atoms with Crippen LogP contribution in [0.3, 0.4) is 0 Å². The standard InChI is InChI=1S/C14H20ClNO.ClH/c1-16(2)9-8-14(17,11-6-7-11)12-4-3-5-13(15)10-12;/h3-5,10-11,17H,6-9H2,1-2H3;1H. The van der Waals surface area contributed by atoms with Gasteiger partial charge in [-0.1, -0.05) is 23.7 Å². The molecule has 0 aliphatic heterocycles. The summed E-state index contributed by atoms with van der Waals surface area (Å²) in [4.78, 5) is 2.11. The highest BCUT2D eigenvalue weighted by molar-refractivity contribution is 6.30. The molecule has 1 fully saturated rings. The Balaban J connectivity index is 0.00000162. The van der Waals surface area contributed by atoms with Gasteiger partial charge in [0.1, 0.15) is 0 Å². The highest BCUT2D eigenvalue weighted by Crippen LogP contribution is 2.48. The molecule has 0 bridgehead atoms. The maximum Gasteiger partial charge on any atom is 0.0937 e. The van der Waals surface area contributed by atoms with Crippen molar-refractivity contribution in [3.05, 3.63) is 34.9 Å². The third-order valence-corrected chi connectivity index (χ3v) is 3.75. The number of rotatable bonds is 5. The summed E-state index contributed by atoms with van der Waals surface area (Å²) in [6.45, 7) is 0.888. The maximum atomic E-state index is 10.9. The van der Waals surface area contributed by atoms with Gasteiger partial charge in [-0.2, -0.15) is 0 Å². The Labute approximate surface area is 120 Å². The van der Waals surface area contributed by atoms with Crippen molar-refractivity contribution in [2.75, 3.05) is 20.6 Å². The van der Waals surface area contributed by atoms with E-state index in [2.05, 4.69) is 4.90 Å². The summed E-state index contributed by atoms with van der Waals surface area (Å²) in [5.41, 5.74) is 0.268. The van der Waals surface area contributed by atoms with Crippen LogP contribution in [0.25, 0.3) is 0 Å². The number of halogens is 2. The molecule has 1 N–H and O–H groups in total. The molecule has 18 heavy (non-hydrogen) atoms. The highest BCUT2D eigenvalue weighted by atomic mass is 35.5. The molecule has 1 atom stereocenters. The predicted molar refractivity (Wildman–Crippen MR) is 78.5 cm³/mol. The first-order valence-electron chi connectivity index (χ1n) is 6.15. The van der Waals surface area contributed by atoms with Gasteiger partial charge in [-0.15, -0.1) is 12.4 Å². The van der Waals surface area contributed by atoms with Crippen molar-refractivity contribution in [2.45, 2.75) is 24.9 Å². The summed E-state index contributed by atoms with van der Waals surface area (Å²) in [5, 5.41) is 11.6. The first kappa shape index (κ1) is 15.8. The van der Waals surface area contributed by atoms with Crippen LogP contribution in [0.15, 0.2) is 24.3 Å². The SMILES string of the molecule is CN(C)CCC(O)(c1cccc(Cl)c1)C1CC1.Cl. The van der Waals surface area contributed by atoms with E-state index in [9.17, 15) is 5.11 Å². The zero-order valence-electron chi connectivity index (χ0n) is 10.9. The van der Waals surface area contributed by atoms with Gasteiger partial charge in [-0.25, -0.2) is 0 Å². The molecule has 2 rings (SSSR count). The fourth-order valence-electron chi connectivity index (χ4n) is 2.30. The van der Waals surface area contributed by atoms with Crippen LogP contribution in [0.5, 0.6) is 0 Å². The summed E-state index contributed by atoms with van der Waals surface area (Å²) in [7, 11) is 4.07. The molecule has 0 saturated heterocycles. The summed E-state index contributed by atoms with van der Waals surface area (Å²) >= 11 is 6.02. The van der Waals surface area contributed by atoms with Crippen molar-refractivity contribution in [3.8, 4) is 0 Å². The molecule has 1 saturated carbocycles. The van der Waals surface area contributed by atoms with E-state index in [1.54, 1.807) is 0 Å². The largest absolute Gasteiger partial charge is 0.385 e. The quantitative estimate of drug-likeness (QED) is 0.899. The summed E-state index contributed by atoms with van der Waals surface area (Å²) in [6.07, 6.45) is 3.01. The molecule has 0 spiro atoms. The van der Waals surface area contributed by atoms with Gasteiger partial charge in [0, 0.05) is 11.6 Å². The minimum atomic E-state index is -0.699. The van der Waals surface area contributed by atoms with Gasteiger partial charge < -0.3 is 10.0 Å². The van der Waals surface area contributed by atoms with Gasteiger partial charge in [0.25, 0.3) is 0 Å². The second kappa shape index (κ2) is 6.25. The van der Waals surface area contributed by atoms with Crippen LogP contribution >= 0.6 is 24.0 Å². The first-order valence-corrected chi connectivity index (χ1v) is 6.53. The van der Waals surface area contributed by atoms with E-state index in [0.29, 0.717) is 10.9 Å². The van der Waals surface area contributed by atoms with Crippen LogP contribution < -0.4 is 0 Å². The lowest BCUT2D eigenvalue weighted by molar-refractivity contribution is -0.00150. The second-order valence-electron chi connectivity index (χ2n) is 5.26. The van der Waals surface area contributed by atoms with Crippen LogP contribution in [-0.4, -0.2) is 30.6 Å². The lowest BCUT2D eigenvalue weighted by atomic mass is 9.85. The monoisotopic (exact) mass is 289 g/mol. The average Bonchev–Trinajstić information content (AvgIpc) is 3.10. The molecule has 0 amide bonds. The Hall–Kier alpha value is -0.280. The van der Waals surface area contributed by atoms with E-state index in [-0.39, 0.29) is 12.4 Å². The average molecular weight is 290 g/mol. The van der Waals surface area contributed by atoms with Crippen molar-refractivity contribution in [1.82, 2.24) is 4.90 Å². The zero-order chi connectivity index (χ0) is 12.5. The minimum Gasteiger partial charge on any atom is -0.385 e. The number of hydrogen-bond acceptors (Lipinski definition) is 2. The molecule has 1 unspecified atom stereocenters. The third kappa shape index (κ3) is 3.61. The van der Waals surface area contributed by atoms with Crippen molar-refractivity contribution >= 4 is 24.0 Å². The van der Waals surface area contributed by atoms with E-state index in [1.165, 1.54) is 0 Å². The normalized spacial score (nSPS) is 18.3. The van der Waals surface area contributed by atoms with Crippen LogP contribution in [-0.2, 0) is 5.60 Å². The van der Waals surface area contributed by atoms with Crippen molar-refractivity contribution in [1.29, 1.82) is 0 Å². The number of nitrogens with zero attached hydrogens (tertiary/aromatic N) is 1. The molecule has 0 heterocycles. The molecule has 1 aromatic rings. The van der Waals surface area contributed by atoms with E-state index in [0.717, 1.165) is 31.4 Å². The molecule has 1 aliphatic carbocycles. The second-order valence-corrected chi connectivity index (χ2v) is 5.70. The molecule has 102 valence electrons. The topological polar surface area (TPSA) is 23.5 Å². The zero-order valence-corrected chi connectivity index (χ0v) is 12.5. The van der Waals surface area contributed by atoms with Crippen LogP contribution in [0, 0.1) is 5.92 Å². The van der Waals surface area contributed by atoms with Gasteiger partial charge in [-0.05, 0) is 57.0 Å². The highest BCUT2D eigenvalue weighted by Gasteiger charge is 2.44. The Morgan fingerprint density at radius 3 is 2.56 bits per heavy atom. The summed E-state index contributed by atoms with van der Waals surface area (Å²) < 4.78 is 0. The fourth-order valence-corrected chi connectivity index (χ4v) is 2.49. The fraction of sp³-hybridized carbons (Fsp3) is 0.571. The molecular weight excluding hydrogens is 269 g/mol. The lowest BCUT2D eigenvalue weighted by Crippen LogP contribution is -2.32. The first-order chi connectivity index (χ1) is 8.02. The Kier molecular flexibility index (Phi) is 5.47. The molecule has 4 heteroatoms. The van der Waals surface area contributed by atoms with Crippen LogP contribution in [0.4, 0.5) is 0 Å². The number of benzene rings is 1. The molecule has 0 aromatic heterocycles. The summed E-state index contributed by atoms with van der Waals surface area (Å²) in [5.74, 6) is 0.404. The van der Waals surface area contributed by atoms with E-state index in [1.807, 2.05) is 38.4 Å². The molecule has 0 radical (unpaired) electrons. The van der Waals surface area contributed by atoms with Crippen LogP contribution in [0.2, 0.25) is 5.02 Å². The van der Waals surface area contributed by atoms with Gasteiger partial charge >= 0.3 is 0 Å². The van der Waals surface area contributed by atoms with Crippen molar-refractivity contribution in [2.24, 2.45) is 5.92 Å². The van der Waals surface area contributed by atoms with Gasteiger partial charge in [0.2, 0.25) is 0 Å². The van der Waals surface area contributed by atoms with Gasteiger partial charge in [-0.3, -0.25) is 0 Å². The van der Waals surface area contributed by atoms with Crippen molar-refractivity contribution < 1.29 is 5.11 Å². The Morgan fingerprint density at radius 1 is 1.39 bits per heavy atom. The maximum absolute atomic E-state index is 10.9. The number of hydrogen-bond donors (Lipinski definition) is 1. The minimum absolute atomic E-state index is 0. The molecule has 2 nitrogen and oxygen atoms in total. The Bertz CT molecular complexity index is 393. The lowest BCUT2D eigenvalue weighted by Gasteiger charge is -2.30. The molecular formula is C14H21Cl2NO. The van der Waals surface area contributed by atoms with E-state index in [4.69, 9.17) is 11.6 Å². The molecule has 1 aliphatic rings. The van der Waals surface area contributed by atoms with E-state index >= 15 is 0 Å². The number of aliphatic hydroxyl groups is 1. The van der Waals surface area contributed by atoms with Gasteiger partial charge in [0.05, 0.1) is 5.60 Å². The molecule has 1 aromatic carbocycles. The smallest absolute Gasteiger partial charge is 0.0937 e. The summed E-state index contributed by atoms with van der Waals surface area (Å²) in [6, 6.07) is 7.65. The van der Waals surface area contributed by atoms with Crippen molar-refractivity contribution in [3.63, 3.8) is 0 Å². The van der Waals surface area contributed by atoms with E-state index < -0.39 is 5.60 Å². The van der Waals surface area contributed by atoms with Crippen LogP contribution in [0.1, 0.15) is 24.8 Å². The third-order valence-electron chi connectivity index (χ3n) is 3.52. The Morgan fingerprint density at radius 2 is 2.06 bits per heavy atom. The predicted octanol–water partition coefficient (Wildman–Crippen LogP) is 3.31.